The monoisotopic (exact) mass is 585 g/mol. The fourth-order valence-corrected chi connectivity index (χ4v) is 6.13. The van der Waals surface area contributed by atoms with Gasteiger partial charge in [-0.2, -0.15) is 4.31 Å². The number of benzene rings is 2. The second kappa shape index (κ2) is 12.3. The highest BCUT2D eigenvalue weighted by Crippen LogP contribution is 2.34. The van der Waals surface area contributed by atoms with Gasteiger partial charge in [0.25, 0.3) is 0 Å². The third-order valence-corrected chi connectivity index (χ3v) is 8.53. The number of aliphatic hydroxyl groups excluding tert-OH is 1. The molecule has 218 valence electrons. The van der Waals surface area contributed by atoms with E-state index in [1.54, 1.807) is 30.3 Å². The van der Waals surface area contributed by atoms with Crippen LogP contribution in [-0.2, 0) is 30.7 Å². The van der Waals surface area contributed by atoms with Gasteiger partial charge < -0.3 is 34.7 Å². The van der Waals surface area contributed by atoms with Gasteiger partial charge >= 0.3 is 6.09 Å². The highest BCUT2D eigenvalue weighted by Gasteiger charge is 2.44. The minimum absolute atomic E-state index is 0.0415. The van der Waals surface area contributed by atoms with Gasteiger partial charge in [0.2, 0.25) is 10.0 Å². The number of alkyl carbamates (subject to hydrolysis) is 1. The maximum Gasteiger partial charge on any atom is 0.407 e. The van der Waals surface area contributed by atoms with Gasteiger partial charge in [-0.05, 0) is 36.4 Å². The number of fused-ring (bicyclic) bond motifs is 2. The molecular weight excluding hydrogens is 538 g/mol. The summed E-state index contributed by atoms with van der Waals surface area (Å²) in [6, 6.07) is 10.5. The standard InChI is InChI=1S/C28H37N3O8S/c1-18(2)14-31(40(34,35)20-8-9-22-25(13-20)38-17-29-22)15-24(32)23(12-19-6-4-3-5-7-19)30-28(33)39-26-16-37-27-21(26)10-11-36-27/h3-9,13,18,21,23-24,26-27,29,32H,10-12,14-17H2,1-2H3,(H,30,33)/t21-,23-,24+,26-,27+/m0/s1/i1D3,2D3,16D2,18D,26D. The van der Waals surface area contributed by atoms with Crippen LogP contribution in [0.5, 0.6) is 5.75 Å². The Labute approximate surface area is 248 Å². The lowest BCUT2D eigenvalue weighted by Gasteiger charge is -2.31. The van der Waals surface area contributed by atoms with Crippen LogP contribution in [0, 0.1) is 11.8 Å². The van der Waals surface area contributed by atoms with Crippen molar-refractivity contribution in [3.8, 4) is 5.75 Å². The number of ether oxygens (including phenoxy) is 4. The largest absolute Gasteiger partial charge is 0.471 e. The number of hydrogen-bond acceptors (Lipinski definition) is 9. The molecule has 5 atom stereocenters. The van der Waals surface area contributed by atoms with E-state index in [2.05, 4.69) is 10.6 Å². The Kier molecular flexibility index (Phi) is 5.70. The maximum atomic E-state index is 14.1. The van der Waals surface area contributed by atoms with Crippen molar-refractivity contribution in [1.29, 1.82) is 0 Å². The van der Waals surface area contributed by atoms with Crippen LogP contribution >= 0.6 is 0 Å². The Bertz CT molecular complexity index is 1650. The van der Waals surface area contributed by atoms with Gasteiger partial charge in [0, 0.05) is 28.8 Å². The zero-order valence-electron chi connectivity index (χ0n) is 31.3. The van der Waals surface area contributed by atoms with Crippen LogP contribution in [0.25, 0.3) is 0 Å². The third-order valence-electron chi connectivity index (χ3n) is 6.73. The Balaban J connectivity index is 1.48. The van der Waals surface area contributed by atoms with E-state index in [1.165, 1.54) is 6.07 Å². The van der Waals surface area contributed by atoms with Crippen LogP contribution in [0.15, 0.2) is 53.4 Å². The summed E-state index contributed by atoms with van der Waals surface area (Å²) in [4.78, 5) is 12.9. The van der Waals surface area contributed by atoms with E-state index in [1.807, 2.05) is 0 Å². The number of sulfonamides is 1. The topological polar surface area (TPSA) is 136 Å². The van der Waals surface area contributed by atoms with Crippen molar-refractivity contribution >= 4 is 21.8 Å². The van der Waals surface area contributed by atoms with E-state index in [9.17, 15) is 18.3 Å². The Morgan fingerprint density at radius 3 is 2.92 bits per heavy atom. The molecule has 2 aromatic rings. The number of carbonyl (C=O) groups excluding carboxylic acids is 1. The van der Waals surface area contributed by atoms with Crippen molar-refractivity contribution in [2.75, 3.05) is 38.3 Å². The van der Waals surface area contributed by atoms with Gasteiger partial charge in [-0.15, -0.1) is 0 Å². The molecule has 3 N–H and O–H groups in total. The molecule has 2 saturated heterocycles. The minimum Gasteiger partial charge on any atom is -0.471 e. The number of carbonyl (C=O) groups is 1. The van der Waals surface area contributed by atoms with E-state index in [4.69, 9.17) is 32.7 Å². The molecule has 0 radical (unpaired) electrons. The van der Waals surface area contributed by atoms with Crippen molar-refractivity contribution in [3.63, 3.8) is 0 Å². The number of amides is 1. The number of aliphatic hydroxyl groups is 1. The Morgan fingerprint density at radius 2 is 2.12 bits per heavy atom. The number of nitrogens with one attached hydrogen (secondary N) is 2. The van der Waals surface area contributed by atoms with Crippen LogP contribution in [0.1, 0.15) is 39.4 Å². The average molecular weight is 586 g/mol. The van der Waals surface area contributed by atoms with E-state index in [0.717, 1.165) is 12.1 Å². The number of rotatable bonds is 11. The molecule has 0 spiro atoms. The first-order valence-corrected chi connectivity index (χ1v) is 14.0. The quantitative estimate of drug-likeness (QED) is 0.364. The Hall–Kier alpha value is -2.90. The Morgan fingerprint density at radius 1 is 1.30 bits per heavy atom. The van der Waals surface area contributed by atoms with Gasteiger partial charge in [0.15, 0.2) is 13.0 Å². The van der Waals surface area contributed by atoms with E-state index < -0.39 is 90.7 Å². The van der Waals surface area contributed by atoms with Crippen LogP contribution in [-0.4, -0.2) is 81.4 Å². The van der Waals surface area contributed by atoms with Crippen LogP contribution in [0.3, 0.4) is 0 Å². The van der Waals surface area contributed by atoms with Crippen LogP contribution in [0.4, 0.5) is 10.5 Å². The number of nitrogens with zero attached hydrogens (tertiary/aromatic N) is 1. The second-order valence-corrected chi connectivity index (χ2v) is 11.5. The summed E-state index contributed by atoms with van der Waals surface area (Å²) in [6.07, 6.45) is -7.01. The molecule has 0 aliphatic carbocycles. The molecule has 3 aliphatic rings. The molecule has 12 heteroatoms. The zero-order chi connectivity index (χ0) is 36.9. The summed E-state index contributed by atoms with van der Waals surface area (Å²) in [7, 11) is -4.87. The molecule has 2 aromatic carbocycles. The molecule has 1 amide bonds. The molecule has 0 unspecified atom stereocenters. The van der Waals surface area contributed by atoms with Gasteiger partial charge in [0.05, 0.1) is 45.9 Å². The minimum atomic E-state index is -4.87. The van der Waals surface area contributed by atoms with Gasteiger partial charge in [-0.3, -0.25) is 0 Å². The molecule has 0 saturated carbocycles. The lowest BCUT2D eigenvalue weighted by molar-refractivity contribution is -0.0907. The number of anilines is 1. The SMILES string of the molecule is [2H]C([2H])([2H])C([2H])(CN(C[C@@H](O)[C@H](Cc1ccccc1)NC(=O)O[C@]1([2H])[C@@H]2CCO[C@@H]2OC1([2H])[2H])S(=O)(=O)c1ccc2c(c1)OCN2)C([2H])([2H])[2H]. The second-order valence-electron chi connectivity index (χ2n) is 9.52. The summed E-state index contributed by atoms with van der Waals surface area (Å²) in [5.74, 6) is -4.22. The maximum absolute atomic E-state index is 14.1. The van der Waals surface area contributed by atoms with Gasteiger partial charge in [-0.1, -0.05) is 44.0 Å². The highest BCUT2D eigenvalue weighted by molar-refractivity contribution is 7.89. The van der Waals surface area contributed by atoms with Crippen molar-refractivity contribution < 1.29 is 51.0 Å². The molecule has 11 nitrogen and oxygen atoms in total. The molecule has 3 aliphatic heterocycles. The predicted molar refractivity (Wildman–Crippen MR) is 146 cm³/mol. The molecule has 0 aromatic heterocycles. The fourth-order valence-electron chi connectivity index (χ4n) is 4.68. The van der Waals surface area contributed by atoms with E-state index >= 15 is 0 Å². The van der Waals surface area contributed by atoms with E-state index in [0.29, 0.717) is 15.6 Å². The van der Waals surface area contributed by atoms with Gasteiger partial charge in [0.1, 0.15) is 11.8 Å². The summed E-state index contributed by atoms with van der Waals surface area (Å²) in [5.41, 5.74) is 0.986. The predicted octanol–water partition coefficient (Wildman–Crippen LogP) is 2.55. The highest BCUT2D eigenvalue weighted by atomic mass is 32.2. The average Bonchev–Trinajstić information content (AvgIpc) is 3.72. The lowest BCUT2D eigenvalue weighted by atomic mass is 10.0. The smallest absolute Gasteiger partial charge is 0.407 e. The van der Waals surface area contributed by atoms with Crippen molar-refractivity contribution in [1.82, 2.24) is 9.62 Å². The van der Waals surface area contributed by atoms with Crippen molar-refractivity contribution in [3.05, 3.63) is 54.1 Å². The van der Waals surface area contributed by atoms with E-state index in [-0.39, 0.29) is 31.9 Å². The first-order chi connectivity index (χ1) is 23.1. The van der Waals surface area contributed by atoms with Crippen LogP contribution < -0.4 is 15.4 Å². The third kappa shape index (κ3) is 6.52. The molecule has 40 heavy (non-hydrogen) atoms. The lowest BCUT2D eigenvalue weighted by Crippen LogP contribution is -2.51. The van der Waals surface area contributed by atoms with Crippen molar-refractivity contribution in [2.24, 2.45) is 11.8 Å². The first kappa shape index (κ1) is 18.5. The fraction of sp³-hybridized carbons (Fsp3) is 0.536. The summed E-state index contributed by atoms with van der Waals surface area (Å²) >= 11 is 0. The molecule has 3 heterocycles. The van der Waals surface area contributed by atoms with Gasteiger partial charge in [-0.25, -0.2) is 13.2 Å². The first-order valence-electron chi connectivity index (χ1n) is 17.6. The summed E-state index contributed by atoms with van der Waals surface area (Å²) in [6.45, 7) is -12.1. The zero-order valence-corrected chi connectivity index (χ0v) is 22.1. The molecule has 0 bridgehead atoms. The molecule has 5 rings (SSSR count). The number of hydrogen-bond donors (Lipinski definition) is 3. The molecular formula is C28H37N3O8S. The van der Waals surface area contributed by atoms with Crippen molar-refractivity contribution in [2.45, 2.75) is 56.0 Å². The van der Waals surface area contributed by atoms with Crippen LogP contribution in [0.2, 0.25) is 0 Å². The molecule has 2 fully saturated rings. The summed E-state index contributed by atoms with van der Waals surface area (Å²) < 4.78 is 131. The normalized spacial score (nSPS) is 30.9. The summed E-state index contributed by atoms with van der Waals surface area (Å²) in [5, 5.41) is 16.9.